The molecule has 4 nitrogen and oxygen atoms in total. The Bertz CT molecular complexity index is 917. The lowest BCUT2D eigenvalue weighted by molar-refractivity contribution is -0.137. The molecule has 4 heteroatoms. The van der Waals surface area contributed by atoms with Crippen molar-refractivity contribution in [2.45, 2.75) is 39.2 Å². The third kappa shape index (κ3) is 3.35. The van der Waals surface area contributed by atoms with E-state index in [2.05, 4.69) is 30.0 Å². The molecule has 0 saturated carbocycles. The molecule has 2 aliphatic rings. The average molecular weight is 374 g/mol. The quantitative estimate of drug-likeness (QED) is 0.566. The van der Waals surface area contributed by atoms with Crippen LogP contribution in [0.2, 0.25) is 0 Å². The van der Waals surface area contributed by atoms with E-state index in [1.54, 1.807) is 0 Å². The van der Waals surface area contributed by atoms with Crippen molar-refractivity contribution in [3.8, 4) is 0 Å². The summed E-state index contributed by atoms with van der Waals surface area (Å²) in [6, 6.07) is 18.0. The van der Waals surface area contributed by atoms with E-state index in [0.29, 0.717) is 24.4 Å². The van der Waals surface area contributed by atoms with E-state index in [-0.39, 0.29) is 11.8 Å². The van der Waals surface area contributed by atoms with Gasteiger partial charge in [0.25, 0.3) is 11.8 Å². The molecule has 2 aliphatic heterocycles. The molecule has 28 heavy (non-hydrogen) atoms. The van der Waals surface area contributed by atoms with Crippen molar-refractivity contribution in [2.75, 3.05) is 13.1 Å². The van der Waals surface area contributed by atoms with Crippen LogP contribution in [0, 0.1) is 0 Å². The van der Waals surface area contributed by atoms with Crippen molar-refractivity contribution in [3.05, 3.63) is 77.0 Å². The predicted octanol–water partition coefficient (Wildman–Crippen LogP) is 4.02. The standard InChI is InChI=1S/C24H26N2O2/c1-2-3-9-15-26-23(27)21(19-11-5-4-6-12-19)22(24(26)28)25-16-14-18-10-7-8-13-20(18)17-25/h4-8,10-13H,2-3,9,14-17H2,1H3. The molecule has 0 aliphatic carbocycles. The fourth-order valence-corrected chi connectivity index (χ4v) is 4.13. The summed E-state index contributed by atoms with van der Waals surface area (Å²) in [6.07, 6.45) is 3.82. The summed E-state index contributed by atoms with van der Waals surface area (Å²) in [6.45, 7) is 4.04. The van der Waals surface area contributed by atoms with Gasteiger partial charge in [-0.3, -0.25) is 14.5 Å². The zero-order chi connectivity index (χ0) is 19.5. The molecule has 2 aromatic rings. The highest BCUT2D eigenvalue weighted by atomic mass is 16.2. The van der Waals surface area contributed by atoms with Crippen LogP contribution in [-0.4, -0.2) is 34.7 Å². The number of nitrogens with zero attached hydrogens (tertiary/aromatic N) is 2. The van der Waals surface area contributed by atoms with Gasteiger partial charge >= 0.3 is 0 Å². The third-order valence-electron chi connectivity index (χ3n) is 5.64. The number of hydrogen-bond donors (Lipinski definition) is 0. The van der Waals surface area contributed by atoms with Crippen LogP contribution in [0.5, 0.6) is 0 Å². The summed E-state index contributed by atoms with van der Waals surface area (Å²) < 4.78 is 0. The number of carbonyl (C=O) groups is 2. The molecule has 0 N–H and O–H groups in total. The van der Waals surface area contributed by atoms with Gasteiger partial charge in [-0.2, -0.15) is 0 Å². The Morgan fingerprint density at radius 1 is 0.857 bits per heavy atom. The Morgan fingerprint density at radius 3 is 2.32 bits per heavy atom. The number of amides is 2. The number of carbonyl (C=O) groups excluding carboxylic acids is 2. The molecule has 0 bridgehead atoms. The first-order chi connectivity index (χ1) is 13.7. The van der Waals surface area contributed by atoms with Crippen molar-refractivity contribution < 1.29 is 9.59 Å². The van der Waals surface area contributed by atoms with Crippen molar-refractivity contribution in [3.63, 3.8) is 0 Å². The monoisotopic (exact) mass is 374 g/mol. The van der Waals surface area contributed by atoms with Gasteiger partial charge in [-0.25, -0.2) is 0 Å². The van der Waals surface area contributed by atoms with Gasteiger partial charge in [0.2, 0.25) is 0 Å². The second-order valence-electron chi connectivity index (χ2n) is 7.50. The number of imide groups is 1. The first-order valence-electron chi connectivity index (χ1n) is 10.2. The molecule has 0 fully saturated rings. The molecular weight excluding hydrogens is 348 g/mol. The minimum absolute atomic E-state index is 0.140. The number of rotatable bonds is 6. The molecule has 0 radical (unpaired) electrons. The number of hydrogen-bond acceptors (Lipinski definition) is 3. The Balaban J connectivity index is 1.71. The van der Waals surface area contributed by atoms with Crippen LogP contribution in [-0.2, 0) is 22.6 Å². The van der Waals surface area contributed by atoms with Gasteiger partial charge in [-0.05, 0) is 29.5 Å². The van der Waals surface area contributed by atoms with Crippen molar-refractivity contribution >= 4 is 17.4 Å². The van der Waals surface area contributed by atoms with Crippen LogP contribution in [0.3, 0.4) is 0 Å². The average Bonchev–Trinajstić information content (AvgIpc) is 2.99. The van der Waals surface area contributed by atoms with E-state index in [1.807, 2.05) is 36.4 Å². The number of fused-ring (bicyclic) bond motifs is 1. The van der Waals surface area contributed by atoms with E-state index in [9.17, 15) is 9.59 Å². The molecule has 0 saturated heterocycles. The predicted molar refractivity (Wildman–Crippen MR) is 110 cm³/mol. The van der Waals surface area contributed by atoms with Gasteiger partial charge in [0, 0.05) is 19.6 Å². The Morgan fingerprint density at radius 2 is 1.57 bits per heavy atom. The SMILES string of the molecule is CCCCCN1C(=O)C(c2ccccc2)=C(N2CCc3ccccc3C2)C1=O. The van der Waals surface area contributed by atoms with E-state index in [4.69, 9.17) is 0 Å². The third-order valence-corrected chi connectivity index (χ3v) is 5.64. The second kappa shape index (κ2) is 8.01. The molecular formula is C24H26N2O2. The van der Waals surface area contributed by atoms with Gasteiger partial charge in [0.15, 0.2) is 0 Å². The second-order valence-corrected chi connectivity index (χ2v) is 7.50. The van der Waals surface area contributed by atoms with Gasteiger partial charge < -0.3 is 4.90 Å². The van der Waals surface area contributed by atoms with Crippen LogP contribution in [0.15, 0.2) is 60.3 Å². The lowest BCUT2D eigenvalue weighted by atomic mass is 9.98. The van der Waals surface area contributed by atoms with Crippen LogP contribution in [0.4, 0.5) is 0 Å². The maximum atomic E-state index is 13.3. The van der Waals surface area contributed by atoms with E-state index in [0.717, 1.165) is 37.8 Å². The lowest BCUT2D eigenvalue weighted by Gasteiger charge is -2.31. The maximum Gasteiger partial charge on any atom is 0.277 e. The Hall–Kier alpha value is -2.88. The first-order valence-corrected chi connectivity index (χ1v) is 10.2. The zero-order valence-corrected chi connectivity index (χ0v) is 16.4. The molecule has 0 unspecified atom stereocenters. The fourth-order valence-electron chi connectivity index (χ4n) is 4.13. The summed E-state index contributed by atoms with van der Waals surface area (Å²) >= 11 is 0. The van der Waals surface area contributed by atoms with Crippen molar-refractivity contribution in [2.24, 2.45) is 0 Å². The molecule has 2 aromatic carbocycles. The van der Waals surface area contributed by atoms with Crippen molar-refractivity contribution in [1.82, 2.24) is 9.80 Å². The fraction of sp³-hybridized carbons (Fsp3) is 0.333. The van der Waals surface area contributed by atoms with Gasteiger partial charge in [0.1, 0.15) is 5.70 Å². The molecule has 144 valence electrons. The first kappa shape index (κ1) is 18.5. The minimum atomic E-state index is -0.152. The van der Waals surface area contributed by atoms with E-state index >= 15 is 0 Å². The van der Waals surface area contributed by atoms with E-state index in [1.165, 1.54) is 16.0 Å². The van der Waals surface area contributed by atoms with Crippen molar-refractivity contribution in [1.29, 1.82) is 0 Å². The summed E-state index contributed by atoms with van der Waals surface area (Å²) in [4.78, 5) is 30.1. The highest BCUT2D eigenvalue weighted by Gasteiger charge is 2.41. The van der Waals surface area contributed by atoms with Crippen LogP contribution in [0.1, 0.15) is 42.9 Å². The summed E-state index contributed by atoms with van der Waals surface area (Å²) in [7, 11) is 0. The Kier molecular flexibility index (Phi) is 5.29. The number of benzene rings is 2. The normalized spacial score (nSPS) is 16.8. The summed E-state index contributed by atoms with van der Waals surface area (Å²) in [5.74, 6) is -0.291. The number of unbranched alkanes of at least 4 members (excludes halogenated alkanes) is 2. The molecule has 2 heterocycles. The summed E-state index contributed by atoms with van der Waals surface area (Å²) in [5.41, 5.74) is 4.52. The molecule has 0 atom stereocenters. The topological polar surface area (TPSA) is 40.6 Å². The van der Waals surface area contributed by atoms with E-state index < -0.39 is 0 Å². The minimum Gasteiger partial charge on any atom is -0.362 e. The molecule has 0 aromatic heterocycles. The Labute approximate surface area is 166 Å². The molecule has 4 rings (SSSR count). The maximum absolute atomic E-state index is 13.3. The van der Waals surface area contributed by atoms with Crippen LogP contribution < -0.4 is 0 Å². The summed E-state index contributed by atoms with van der Waals surface area (Å²) in [5, 5.41) is 0. The van der Waals surface area contributed by atoms with Crippen LogP contribution >= 0.6 is 0 Å². The zero-order valence-electron chi connectivity index (χ0n) is 16.4. The van der Waals surface area contributed by atoms with Gasteiger partial charge in [0.05, 0.1) is 5.57 Å². The highest BCUT2D eigenvalue weighted by molar-refractivity contribution is 6.35. The highest BCUT2D eigenvalue weighted by Crippen LogP contribution is 2.34. The molecule has 0 spiro atoms. The lowest BCUT2D eigenvalue weighted by Crippen LogP contribution is -2.37. The molecule has 2 amide bonds. The smallest absolute Gasteiger partial charge is 0.277 e. The van der Waals surface area contributed by atoms with Crippen LogP contribution in [0.25, 0.3) is 5.57 Å². The van der Waals surface area contributed by atoms with Gasteiger partial charge in [-0.1, -0.05) is 74.4 Å². The van der Waals surface area contributed by atoms with Gasteiger partial charge in [-0.15, -0.1) is 0 Å². The largest absolute Gasteiger partial charge is 0.362 e.